The Kier molecular flexibility index (Phi) is 5.41. The quantitative estimate of drug-likeness (QED) is 0.759. The van der Waals surface area contributed by atoms with Crippen molar-refractivity contribution in [2.24, 2.45) is 17.3 Å². The number of carbonyl (C=O) groups excluding carboxylic acids is 2. The molecule has 1 aromatic rings. The zero-order chi connectivity index (χ0) is 19.8. The molecule has 4 nitrogen and oxygen atoms in total. The molecule has 1 saturated carbocycles. The lowest BCUT2D eigenvalue weighted by molar-refractivity contribution is -0.133. The van der Waals surface area contributed by atoms with Gasteiger partial charge < -0.3 is 9.80 Å². The summed E-state index contributed by atoms with van der Waals surface area (Å²) in [6, 6.07) is 6.07. The largest absolute Gasteiger partial charge is 0.341 e. The number of carbonyl (C=O) groups is 2. The third-order valence-corrected chi connectivity index (χ3v) is 5.89. The molecule has 0 bridgehead atoms. The van der Waals surface area contributed by atoms with Crippen molar-refractivity contribution in [1.82, 2.24) is 9.80 Å². The Morgan fingerprint density at radius 3 is 2.37 bits per heavy atom. The van der Waals surface area contributed by atoms with Gasteiger partial charge in [-0.1, -0.05) is 37.6 Å². The topological polar surface area (TPSA) is 40.6 Å². The molecule has 0 N–H and O–H groups in total. The monoisotopic (exact) mass is 372 g/mol. The fraction of sp³-hybridized carbons (Fsp3) is 0.545. The molecule has 3 rings (SSSR count). The summed E-state index contributed by atoms with van der Waals surface area (Å²) < 4.78 is 13.9. The Bertz CT molecular complexity index is 767. The highest BCUT2D eigenvalue weighted by Gasteiger charge is 2.61. The van der Waals surface area contributed by atoms with Crippen LogP contribution in [0, 0.1) is 23.1 Å². The Balaban J connectivity index is 1.65. The van der Waals surface area contributed by atoms with E-state index in [9.17, 15) is 14.0 Å². The Hall–Kier alpha value is -2.17. The summed E-state index contributed by atoms with van der Waals surface area (Å²) in [6.07, 6.45) is 2.92. The van der Waals surface area contributed by atoms with Gasteiger partial charge in [-0.05, 0) is 43.7 Å². The van der Waals surface area contributed by atoms with Crippen LogP contribution in [0.2, 0.25) is 0 Å². The van der Waals surface area contributed by atoms with E-state index >= 15 is 0 Å². The molecule has 1 aromatic carbocycles. The molecule has 1 saturated heterocycles. The minimum atomic E-state index is -0.496. The van der Waals surface area contributed by atoms with Gasteiger partial charge in [-0.2, -0.15) is 0 Å². The van der Waals surface area contributed by atoms with Crippen molar-refractivity contribution < 1.29 is 14.0 Å². The molecule has 1 aliphatic carbocycles. The standard InChI is InChI=1S/C22H29FN2O2/c1-15(2)14-17-19(22(17,3)4)21(27)25-11-7-10-24(12-13-25)20(26)16-8-5-6-9-18(16)23/h5-6,8-9,14,17,19H,7,10-13H2,1-4H3. The number of hydrogen-bond donors (Lipinski definition) is 0. The molecule has 2 atom stereocenters. The van der Waals surface area contributed by atoms with Gasteiger partial charge in [-0.15, -0.1) is 0 Å². The Morgan fingerprint density at radius 1 is 1.07 bits per heavy atom. The number of benzene rings is 1. The zero-order valence-electron chi connectivity index (χ0n) is 16.7. The van der Waals surface area contributed by atoms with Crippen LogP contribution in [0.5, 0.6) is 0 Å². The lowest BCUT2D eigenvalue weighted by atomic mass is 10.1. The average molecular weight is 372 g/mol. The zero-order valence-corrected chi connectivity index (χ0v) is 16.7. The van der Waals surface area contributed by atoms with E-state index in [0.717, 1.165) is 0 Å². The van der Waals surface area contributed by atoms with Crippen LogP contribution in [0.4, 0.5) is 4.39 Å². The van der Waals surface area contributed by atoms with Crippen LogP contribution in [0.1, 0.15) is 44.5 Å². The first kappa shape index (κ1) is 19.6. The number of hydrogen-bond acceptors (Lipinski definition) is 2. The molecule has 1 aliphatic heterocycles. The summed E-state index contributed by atoms with van der Waals surface area (Å²) in [5, 5.41) is 0. The molecule has 0 aromatic heterocycles. The SMILES string of the molecule is CC(C)=CC1C(C(=O)N2CCCN(C(=O)c3ccccc3F)CC2)C1(C)C. The highest BCUT2D eigenvalue weighted by atomic mass is 19.1. The molecule has 5 heteroatoms. The maximum Gasteiger partial charge on any atom is 0.256 e. The average Bonchev–Trinajstić information content (AvgIpc) is 3.23. The van der Waals surface area contributed by atoms with Crippen molar-refractivity contribution >= 4 is 11.8 Å². The number of nitrogens with zero attached hydrogens (tertiary/aromatic N) is 2. The molecule has 2 aliphatic rings. The smallest absolute Gasteiger partial charge is 0.256 e. The van der Waals surface area contributed by atoms with Crippen LogP contribution < -0.4 is 0 Å². The van der Waals surface area contributed by atoms with Crippen LogP contribution >= 0.6 is 0 Å². The van der Waals surface area contributed by atoms with Gasteiger partial charge >= 0.3 is 0 Å². The first-order valence-electron chi connectivity index (χ1n) is 9.71. The molecular formula is C22H29FN2O2. The van der Waals surface area contributed by atoms with Crippen molar-refractivity contribution in [2.75, 3.05) is 26.2 Å². The van der Waals surface area contributed by atoms with Crippen LogP contribution in [0.15, 0.2) is 35.9 Å². The predicted molar refractivity (Wildman–Crippen MR) is 104 cm³/mol. The van der Waals surface area contributed by atoms with E-state index in [0.29, 0.717) is 32.6 Å². The molecule has 0 spiro atoms. The number of halogens is 1. The number of rotatable bonds is 3. The van der Waals surface area contributed by atoms with E-state index in [-0.39, 0.29) is 34.6 Å². The molecular weight excluding hydrogens is 343 g/mol. The van der Waals surface area contributed by atoms with Gasteiger partial charge in [0.1, 0.15) is 5.82 Å². The maximum absolute atomic E-state index is 13.9. The second-order valence-corrected chi connectivity index (χ2v) is 8.52. The second kappa shape index (κ2) is 7.45. The molecule has 1 heterocycles. The van der Waals surface area contributed by atoms with Gasteiger partial charge in [0.15, 0.2) is 0 Å². The van der Waals surface area contributed by atoms with Gasteiger partial charge in [0.05, 0.1) is 11.5 Å². The van der Waals surface area contributed by atoms with E-state index in [2.05, 4.69) is 33.8 Å². The van der Waals surface area contributed by atoms with E-state index in [1.54, 1.807) is 17.0 Å². The van der Waals surface area contributed by atoms with Gasteiger partial charge in [0.25, 0.3) is 5.91 Å². The van der Waals surface area contributed by atoms with E-state index in [1.807, 2.05) is 4.90 Å². The summed E-state index contributed by atoms with van der Waals surface area (Å²) in [5.74, 6) is -0.307. The molecule has 0 radical (unpaired) electrons. The number of allylic oxidation sites excluding steroid dienone is 2. The minimum Gasteiger partial charge on any atom is -0.341 e. The van der Waals surface area contributed by atoms with Crippen molar-refractivity contribution in [3.63, 3.8) is 0 Å². The maximum atomic E-state index is 13.9. The van der Waals surface area contributed by atoms with Crippen molar-refractivity contribution in [1.29, 1.82) is 0 Å². The lowest BCUT2D eigenvalue weighted by Crippen LogP contribution is -2.38. The van der Waals surface area contributed by atoms with Crippen LogP contribution in [0.25, 0.3) is 0 Å². The molecule has 146 valence electrons. The molecule has 2 fully saturated rings. The van der Waals surface area contributed by atoms with Crippen molar-refractivity contribution in [3.05, 3.63) is 47.3 Å². The van der Waals surface area contributed by atoms with Gasteiger partial charge in [-0.25, -0.2) is 4.39 Å². The highest BCUT2D eigenvalue weighted by Crippen LogP contribution is 2.60. The molecule has 27 heavy (non-hydrogen) atoms. The van der Waals surface area contributed by atoms with E-state index in [4.69, 9.17) is 0 Å². The minimum absolute atomic E-state index is 0.0106. The fourth-order valence-corrected chi connectivity index (χ4v) is 4.16. The first-order valence-corrected chi connectivity index (χ1v) is 9.71. The predicted octanol–water partition coefficient (Wildman–Crippen LogP) is 3.74. The van der Waals surface area contributed by atoms with Crippen LogP contribution in [-0.2, 0) is 4.79 Å². The first-order chi connectivity index (χ1) is 12.7. The van der Waals surface area contributed by atoms with Crippen molar-refractivity contribution in [2.45, 2.75) is 34.1 Å². The fourth-order valence-electron chi connectivity index (χ4n) is 4.16. The summed E-state index contributed by atoms with van der Waals surface area (Å²) in [7, 11) is 0. The molecule has 2 amide bonds. The van der Waals surface area contributed by atoms with E-state index in [1.165, 1.54) is 17.7 Å². The van der Waals surface area contributed by atoms with E-state index < -0.39 is 5.82 Å². The third kappa shape index (κ3) is 3.92. The second-order valence-electron chi connectivity index (χ2n) is 8.52. The van der Waals surface area contributed by atoms with Gasteiger partial charge in [0, 0.05) is 26.2 Å². The van der Waals surface area contributed by atoms with Crippen LogP contribution in [-0.4, -0.2) is 47.8 Å². The van der Waals surface area contributed by atoms with Crippen molar-refractivity contribution in [3.8, 4) is 0 Å². The van der Waals surface area contributed by atoms with Gasteiger partial charge in [0.2, 0.25) is 5.91 Å². The lowest BCUT2D eigenvalue weighted by Gasteiger charge is -2.23. The Morgan fingerprint density at radius 2 is 1.70 bits per heavy atom. The summed E-state index contributed by atoms with van der Waals surface area (Å²) >= 11 is 0. The number of amides is 2. The van der Waals surface area contributed by atoms with Gasteiger partial charge in [-0.3, -0.25) is 9.59 Å². The van der Waals surface area contributed by atoms with Crippen LogP contribution in [0.3, 0.4) is 0 Å². The highest BCUT2D eigenvalue weighted by molar-refractivity contribution is 5.94. The summed E-state index contributed by atoms with van der Waals surface area (Å²) in [5.41, 5.74) is 1.33. The summed E-state index contributed by atoms with van der Waals surface area (Å²) in [4.78, 5) is 29.3. The Labute approximate surface area is 161 Å². The normalized spacial score (nSPS) is 24.2. The molecule has 2 unspecified atom stereocenters. The summed E-state index contributed by atoms with van der Waals surface area (Å²) in [6.45, 7) is 10.6. The third-order valence-electron chi connectivity index (χ3n) is 5.89.